The molecule has 1 saturated heterocycles. The number of nitrogens with zero attached hydrogens (tertiary/aromatic N) is 2. The number of ether oxygens (including phenoxy) is 1. The maximum absolute atomic E-state index is 12.6. The van der Waals surface area contributed by atoms with Crippen LogP contribution >= 0.6 is 0 Å². The van der Waals surface area contributed by atoms with Crippen LogP contribution in [0.25, 0.3) is 11.1 Å². The van der Waals surface area contributed by atoms with E-state index in [4.69, 9.17) is 9.26 Å². The van der Waals surface area contributed by atoms with Crippen molar-refractivity contribution < 1.29 is 19.2 Å². The lowest BCUT2D eigenvalue weighted by Crippen LogP contribution is -2.40. The molecule has 0 radical (unpaired) electrons. The van der Waals surface area contributed by atoms with E-state index in [0.29, 0.717) is 37.6 Å². The zero-order valence-electron chi connectivity index (χ0n) is 12.6. The summed E-state index contributed by atoms with van der Waals surface area (Å²) in [6, 6.07) is 4.87. The highest BCUT2D eigenvalue weighted by Gasteiger charge is 2.21. The number of phenols is 1. The van der Waals surface area contributed by atoms with Crippen molar-refractivity contribution in [2.45, 2.75) is 13.8 Å². The fraction of sp³-hybridized carbons (Fsp3) is 0.375. The third-order valence-electron chi connectivity index (χ3n) is 3.79. The van der Waals surface area contributed by atoms with Crippen molar-refractivity contribution in [3.05, 3.63) is 35.2 Å². The van der Waals surface area contributed by atoms with E-state index < -0.39 is 0 Å². The van der Waals surface area contributed by atoms with E-state index in [1.807, 2.05) is 13.8 Å². The number of aromatic nitrogens is 1. The van der Waals surface area contributed by atoms with Crippen LogP contribution in [0.4, 0.5) is 0 Å². The minimum absolute atomic E-state index is 0.0501. The number of carbonyl (C=O) groups is 1. The average molecular weight is 302 g/mol. The van der Waals surface area contributed by atoms with Crippen LogP contribution in [0.2, 0.25) is 0 Å². The third-order valence-corrected chi connectivity index (χ3v) is 3.79. The summed E-state index contributed by atoms with van der Waals surface area (Å²) in [6.45, 7) is 5.86. The molecule has 6 nitrogen and oxygen atoms in total. The molecule has 116 valence electrons. The molecule has 0 atom stereocenters. The minimum Gasteiger partial charge on any atom is -0.508 e. The van der Waals surface area contributed by atoms with Crippen molar-refractivity contribution in [2.24, 2.45) is 0 Å². The van der Waals surface area contributed by atoms with Crippen LogP contribution in [0.3, 0.4) is 0 Å². The second-order valence-electron chi connectivity index (χ2n) is 5.37. The Morgan fingerprint density at radius 3 is 2.59 bits per heavy atom. The van der Waals surface area contributed by atoms with E-state index in [9.17, 15) is 9.90 Å². The van der Waals surface area contributed by atoms with Gasteiger partial charge < -0.3 is 19.3 Å². The van der Waals surface area contributed by atoms with Gasteiger partial charge in [0.25, 0.3) is 5.91 Å². The van der Waals surface area contributed by atoms with Gasteiger partial charge in [-0.3, -0.25) is 4.79 Å². The highest BCUT2D eigenvalue weighted by Crippen LogP contribution is 2.31. The van der Waals surface area contributed by atoms with Gasteiger partial charge in [0.15, 0.2) is 0 Å². The topological polar surface area (TPSA) is 75.8 Å². The largest absolute Gasteiger partial charge is 0.508 e. The molecule has 1 aliphatic rings. The first-order valence-electron chi connectivity index (χ1n) is 7.20. The Morgan fingerprint density at radius 1 is 1.23 bits per heavy atom. The molecule has 2 aromatic rings. The summed E-state index contributed by atoms with van der Waals surface area (Å²) < 4.78 is 10.4. The smallest absolute Gasteiger partial charge is 0.254 e. The van der Waals surface area contributed by atoms with E-state index in [0.717, 1.165) is 16.8 Å². The highest BCUT2D eigenvalue weighted by atomic mass is 16.5. The Kier molecular flexibility index (Phi) is 3.85. The Hall–Kier alpha value is -2.34. The molecule has 0 spiro atoms. The van der Waals surface area contributed by atoms with Gasteiger partial charge in [-0.2, -0.15) is 0 Å². The maximum atomic E-state index is 12.6. The maximum Gasteiger partial charge on any atom is 0.254 e. The molecule has 1 aromatic heterocycles. The average Bonchev–Trinajstić information content (AvgIpc) is 2.86. The summed E-state index contributed by atoms with van der Waals surface area (Å²) in [6.07, 6.45) is 0. The van der Waals surface area contributed by atoms with Gasteiger partial charge in [-0.25, -0.2) is 0 Å². The Bertz CT molecular complexity index is 683. The highest BCUT2D eigenvalue weighted by molar-refractivity contribution is 5.96. The van der Waals surface area contributed by atoms with Gasteiger partial charge in [-0.15, -0.1) is 0 Å². The molecule has 1 aromatic carbocycles. The molecule has 1 amide bonds. The summed E-state index contributed by atoms with van der Waals surface area (Å²) in [4.78, 5) is 14.3. The molecular formula is C16H18N2O4. The number of benzene rings is 1. The lowest BCUT2D eigenvalue weighted by molar-refractivity contribution is 0.0302. The predicted molar refractivity (Wildman–Crippen MR) is 79.8 cm³/mol. The van der Waals surface area contributed by atoms with Crippen LogP contribution in [-0.4, -0.2) is 47.4 Å². The molecule has 0 bridgehead atoms. The number of aromatic hydroxyl groups is 1. The van der Waals surface area contributed by atoms with Crippen molar-refractivity contribution in [3.8, 4) is 16.9 Å². The van der Waals surface area contributed by atoms with Crippen molar-refractivity contribution in [1.29, 1.82) is 0 Å². The normalized spacial score (nSPS) is 15.1. The van der Waals surface area contributed by atoms with Crippen LogP contribution in [0.5, 0.6) is 5.75 Å². The number of aryl methyl sites for hydroxylation is 2. The molecule has 0 unspecified atom stereocenters. The first-order chi connectivity index (χ1) is 10.6. The molecule has 6 heteroatoms. The molecule has 1 N–H and O–H groups in total. The van der Waals surface area contributed by atoms with Crippen molar-refractivity contribution in [1.82, 2.24) is 10.1 Å². The molecule has 1 fully saturated rings. The van der Waals surface area contributed by atoms with E-state index >= 15 is 0 Å². The van der Waals surface area contributed by atoms with Gasteiger partial charge in [0.2, 0.25) is 0 Å². The molecule has 1 aliphatic heterocycles. The summed E-state index contributed by atoms with van der Waals surface area (Å²) in [7, 11) is 0. The number of amides is 1. The predicted octanol–water partition coefficient (Wildman–Crippen LogP) is 2.14. The van der Waals surface area contributed by atoms with Crippen LogP contribution < -0.4 is 0 Å². The van der Waals surface area contributed by atoms with E-state index in [1.165, 1.54) is 6.07 Å². The SMILES string of the molecule is Cc1noc(C)c1-c1cc(O)cc(C(=O)N2CCOCC2)c1. The van der Waals surface area contributed by atoms with Crippen LogP contribution in [-0.2, 0) is 4.74 Å². The van der Waals surface area contributed by atoms with Gasteiger partial charge in [-0.1, -0.05) is 5.16 Å². The number of carbonyl (C=O) groups excluding carboxylic acids is 1. The van der Waals surface area contributed by atoms with Gasteiger partial charge in [0, 0.05) is 24.2 Å². The van der Waals surface area contributed by atoms with E-state index in [1.54, 1.807) is 17.0 Å². The fourth-order valence-corrected chi connectivity index (χ4v) is 2.72. The summed E-state index contributed by atoms with van der Waals surface area (Å²) in [5.74, 6) is 0.606. The number of morpholine rings is 1. The van der Waals surface area contributed by atoms with Gasteiger partial charge in [0.1, 0.15) is 11.5 Å². The monoisotopic (exact) mass is 302 g/mol. The molecule has 3 rings (SSSR count). The van der Waals surface area contributed by atoms with Gasteiger partial charge in [-0.05, 0) is 37.6 Å². The lowest BCUT2D eigenvalue weighted by atomic mass is 10.0. The lowest BCUT2D eigenvalue weighted by Gasteiger charge is -2.27. The molecule has 22 heavy (non-hydrogen) atoms. The molecular weight excluding hydrogens is 284 g/mol. The molecule has 0 aliphatic carbocycles. The van der Waals surface area contributed by atoms with Crippen molar-refractivity contribution in [3.63, 3.8) is 0 Å². The zero-order valence-corrected chi connectivity index (χ0v) is 12.6. The quantitative estimate of drug-likeness (QED) is 0.919. The van der Waals surface area contributed by atoms with E-state index in [-0.39, 0.29) is 11.7 Å². The number of phenolic OH excluding ortho intramolecular Hbond substituents is 1. The molecule has 0 saturated carbocycles. The standard InChI is InChI=1S/C16H18N2O4/c1-10-15(11(2)22-17-10)12-7-13(9-14(19)8-12)16(20)18-3-5-21-6-4-18/h7-9,19H,3-6H2,1-2H3. The fourth-order valence-electron chi connectivity index (χ4n) is 2.72. The second-order valence-corrected chi connectivity index (χ2v) is 5.37. The summed E-state index contributed by atoms with van der Waals surface area (Å²) in [5, 5.41) is 13.9. The molecule has 2 heterocycles. The Labute approximate surface area is 128 Å². The van der Waals surface area contributed by atoms with Gasteiger partial charge >= 0.3 is 0 Å². The van der Waals surface area contributed by atoms with Crippen LogP contribution in [0.15, 0.2) is 22.7 Å². The Morgan fingerprint density at radius 2 is 1.95 bits per heavy atom. The first-order valence-corrected chi connectivity index (χ1v) is 7.20. The van der Waals surface area contributed by atoms with Crippen LogP contribution in [0, 0.1) is 13.8 Å². The number of rotatable bonds is 2. The summed E-state index contributed by atoms with van der Waals surface area (Å²) in [5.41, 5.74) is 2.73. The summed E-state index contributed by atoms with van der Waals surface area (Å²) >= 11 is 0. The minimum atomic E-state index is -0.104. The van der Waals surface area contributed by atoms with Gasteiger partial charge in [0.05, 0.1) is 18.9 Å². The first kappa shape index (κ1) is 14.6. The number of hydrogen-bond acceptors (Lipinski definition) is 5. The van der Waals surface area contributed by atoms with Crippen molar-refractivity contribution >= 4 is 5.91 Å². The van der Waals surface area contributed by atoms with E-state index in [2.05, 4.69) is 5.16 Å². The van der Waals surface area contributed by atoms with Crippen molar-refractivity contribution in [2.75, 3.05) is 26.3 Å². The Balaban J connectivity index is 1.98. The number of hydrogen-bond donors (Lipinski definition) is 1. The third kappa shape index (κ3) is 2.69. The zero-order chi connectivity index (χ0) is 15.7. The second kappa shape index (κ2) is 5.81. The van der Waals surface area contributed by atoms with Crippen LogP contribution in [0.1, 0.15) is 21.8 Å².